The van der Waals surface area contributed by atoms with Gasteiger partial charge in [-0.1, -0.05) is 6.07 Å². The highest BCUT2D eigenvalue weighted by molar-refractivity contribution is 5.92. The molecular weight excluding hydrogens is 232 g/mol. The first-order valence-corrected chi connectivity index (χ1v) is 5.87. The van der Waals surface area contributed by atoms with Gasteiger partial charge in [-0.25, -0.2) is 4.79 Å². The van der Waals surface area contributed by atoms with E-state index < -0.39 is 0 Å². The van der Waals surface area contributed by atoms with Gasteiger partial charge in [-0.2, -0.15) is 0 Å². The molecular formula is C14H16O4. The molecule has 4 nitrogen and oxygen atoms in total. The largest absolute Gasteiger partial charge is 0.497 e. The Morgan fingerprint density at radius 2 is 2.28 bits per heavy atom. The molecule has 1 aromatic carbocycles. The molecule has 0 atom stereocenters. The molecule has 0 radical (unpaired) electrons. The predicted molar refractivity (Wildman–Crippen MR) is 67.3 cm³/mol. The number of esters is 1. The van der Waals surface area contributed by atoms with Crippen molar-refractivity contribution in [3.63, 3.8) is 0 Å². The van der Waals surface area contributed by atoms with E-state index in [9.17, 15) is 4.79 Å². The van der Waals surface area contributed by atoms with E-state index in [4.69, 9.17) is 14.2 Å². The van der Waals surface area contributed by atoms with Crippen LogP contribution in [0.25, 0.3) is 5.57 Å². The van der Waals surface area contributed by atoms with Gasteiger partial charge in [-0.3, -0.25) is 0 Å². The molecule has 18 heavy (non-hydrogen) atoms. The van der Waals surface area contributed by atoms with Crippen molar-refractivity contribution in [2.45, 2.75) is 13.5 Å². The van der Waals surface area contributed by atoms with Crippen LogP contribution in [0.15, 0.2) is 24.3 Å². The Bertz CT molecular complexity index is 477. The molecule has 0 spiro atoms. The van der Waals surface area contributed by atoms with Crippen LogP contribution in [0.2, 0.25) is 0 Å². The summed E-state index contributed by atoms with van der Waals surface area (Å²) in [5, 5.41) is 0. The highest BCUT2D eigenvalue weighted by Crippen LogP contribution is 2.28. The van der Waals surface area contributed by atoms with Crippen LogP contribution >= 0.6 is 0 Å². The van der Waals surface area contributed by atoms with Crippen LogP contribution in [0.5, 0.6) is 5.75 Å². The van der Waals surface area contributed by atoms with E-state index >= 15 is 0 Å². The van der Waals surface area contributed by atoms with Crippen LogP contribution in [-0.4, -0.2) is 26.3 Å². The molecule has 0 unspecified atom stereocenters. The third-order valence-corrected chi connectivity index (χ3v) is 2.75. The highest BCUT2D eigenvalue weighted by Gasteiger charge is 2.16. The number of hydrogen-bond acceptors (Lipinski definition) is 4. The molecule has 1 aliphatic heterocycles. The second kappa shape index (κ2) is 5.69. The van der Waals surface area contributed by atoms with Crippen LogP contribution in [-0.2, 0) is 20.9 Å². The maximum absolute atomic E-state index is 11.5. The molecule has 0 saturated heterocycles. The quantitative estimate of drug-likeness (QED) is 0.607. The first-order chi connectivity index (χ1) is 8.74. The summed E-state index contributed by atoms with van der Waals surface area (Å²) in [5.74, 6) is 0.453. The van der Waals surface area contributed by atoms with Crippen molar-refractivity contribution in [1.82, 2.24) is 0 Å². The van der Waals surface area contributed by atoms with E-state index in [1.165, 1.54) is 6.08 Å². The van der Waals surface area contributed by atoms with Crippen molar-refractivity contribution in [2.24, 2.45) is 0 Å². The molecule has 0 amide bonds. The zero-order chi connectivity index (χ0) is 13.0. The topological polar surface area (TPSA) is 44.8 Å². The zero-order valence-electron chi connectivity index (χ0n) is 10.6. The lowest BCUT2D eigenvalue weighted by molar-refractivity contribution is -0.137. The summed E-state index contributed by atoms with van der Waals surface area (Å²) >= 11 is 0. The minimum Gasteiger partial charge on any atom is -0.497 e. The van der Waals surface area contributed by atoms with Crippen LogP contribution in [0.4, 0.5) is 0 Å². The van der Waals surface area contributed by atoms with E-state index in [1.54, 1.807) is 14.0 Å². The molecule has 96 valence electrons. The minimum absolute atomic E-state index is 0.334. The number of fused-ring (bicyclic) bond motifs is 1. The van der Waals surface area contributed by atoms with Crippen LogP contribution < -0.4 is 4.74 Å². The van der Waals surface area contributed by atoms with Crippen LogP contribution in [0, 0.1) is 0 Å². The first kappa shape index (κ1) is 12.6. The van der Waals surface area contributed by atoms with E-state index in [0.717, 1.165) is 22.4 Å². The molecule has 1 aromatic rings. The lowest BCUT2D eigenvalue weighted by Crippen LogP contribution is -2.11. The molecule has 0 fully saturated rings. The Morgan fingerprint density at radius 3 is 3.00 bits per heavy atom. The van der Waals surface area contributed by atoms with E-state index in [2.05, 4.69) is 0 Å². The summed E-state index contributed by atoms with van der Waals surface area (Å²) in [4.78, 5) is 11.5. The van der Waals surface area contributed by atoms with Gasteiger partial charge in [0, 0.05) is 6.08 Å². The summed E-state index contributed by atoms with van der Waals surface area (Å²) < 4.78 is 15.5. The van der Waals surface area contributed by atoms with E-state index in [0.29, 0.717) is 19.8 Å². The second-order valence-electron chi connectivity index (χ2n) is 3.94. The van der Waals surface area contributed by atoms with Gasteiger partial charge >= 0.3 is 5.97 Å². The van der Waals surface area contributed by atoms with Gasteiger partial charge in [0.1, 0.15) is 5.75 Å². The van der Waals surface area contributed by atoms with Gasteiger partial charge in [0.15, 0.2) is 0 Å². The van der Waals surface area contributed by atoms with E-state index in [1.807, 2.05) is 18.2 Å². The lowest BCUT2D eigenvalue weighted by Gasteiger charge is -2.20. The SMILES string of the molecule is CCOC(=O)C=C1COCc2cc(OC)ccc21. The van der Waals surface area contributed by atoms with Crippen molar-refractivity contribution in [1.29, 1.82) is 0 Å². The monoisotopic (exact) mass is 248 g/mol. The summed E-state index contributed by atoms with van der Waals surface area (Å²) in [7, 11) is 1.63. The molecule has 4 heteroatoms. The third kappa shape index (κ3) is 2.71. The average Bonchev–Trinajstić information content (AvgIpc) is 2.38. The zero-order valence-corrected chi connectivity index (χ0v) is 10.6. The van der Waals surface area contributed by atoms with Gasteiger partial charge in [-0.15, -0.1) is 0 Å². The molecule has 0 saturated carbocycles. The number of hydrogen-bond donors (Lipinski definition) is 0. The van der Waals surface area contributed by atoms with Gasteiger partial charge in [0.05, 0.1) is 26.9 Å². The van der Waals surface area contributed by atoms with Crippen LogP contribution in [0.1, 0.15) is 18.1 Å². The Kier molecular flexibility index (Phi) is 3.99. The summed E-state index contributed by atoms with van der Waals surface area (Å²) in [6, 6.07) is 5.75. The number of ether oxygens (including phenoxy) is 3. The number of carbonyl (C=O) groups is 1. The van der Waals surface area contributed by atoms with Gasteiger partial charge < -0.3 is 14.2 Å². The van der Waals surface area contributed by atoms with Crippen molar-refractivity contribution in [3.05, 3.63) is 35.4 Å². The summed E-state index contributed by atoms with van der Waals surface area (Å²) in [5.41, 5.74) is 2.89. The van der Waals surface area contributed by atoms with Crippen molar-refractivity contribution in [3.8, 4) is 5.75 Å². The van der Waals surface area contributed by atoms with Crippen LogP contribution in [0.3, 0.4) is 0 Å². The standard InChI is InChI=1S/C14H16O4/c1-3-18-14(15)7-11-9-17-8-10-6-12(16-2)4-5-13(10)11/h4-7H,3,8-9H2,1-2H3. The second-order valence-corrected chi connectivity index (χ2v) is 3.94. The van der Waals surface area contributed by atoms with E-state index in [-0.39, 0.29) is 5.97 Å². The first-order valence-electron chi connectivity index (χ1n) is 5.87. The number of benzene rings is 1. The van der Waals surface area contributed by atoms with Crippen molar-refractivity contribution >= 4 is 11.5 Å². The lowest BCUT2D eigenvalue weighted by atomic mass is 9.98. The van der Waals surface area contributed by atoms with Crippen molar-refractivity contribution in [2.75, 3.05) is 20.3 Å². The molecule has 0 N–H and O–H groups in total. The normalized spacial score (nSPS) is 16.2. The smallest absolute Gasteiger partial charge is 0.331 e. The molecule has 1 heterocycles. The van der Waals surface area contributed by atoms with Crippen molar-refractivity contribution < 1.29 is 19.0 Å². The fraction of sp³-hybridized carbons (Fsp3) is 0.357. The number of methoxy groups -OCH3 is 1. The molecule has 1 aliphatic rings. The molecule has 2 rings (SSSR count). The number of carbonyl (C=O) groups excluding carboxylic acids is 1. The Morgan fingerprint density at radius 1 is 1.44 bits per heavy atom. The highest BCUT2D eigenvalue weighted by atomic mass is 16.5. The Balaban J connectivity index is 2.30. The average molecular weight is 248 g/mol. The van der Waals surface area contributed by atoms with Gasteiger partial charge in [0.2, 0.25) is 0 Å². The van der Waals surface area contributed by atoms with Gasteiger partial charge in [0.25, 0.3) is 0 Å². The molecule has 0 aliphatic carbocycles. The summed E-state index contributed by atoms with van der Waals surface area (Å²) in [6.07, 6.45) is 1.49. The Labute approximate surface area is 106 Å². The predicted octanol–water partition coefficient (Wildman–Crippen LogP) is 2.17. The number of rotatable bonds is 3. The molecule has 0 bridgehead atoms. The molecule has 0 aromatic heterocycles. The fourth-order valence-corrected chi connectivity index (χ4v) is 1.92. The maximum atomic E-state index is 11.5. The third-order valence-electron chi connectivity index (χ3n) is 2.75. The Hall–Kier alpha value is -1.81. The summed E-state index contributed by atoms with van der Waals surface area (Å²) in [6.45, 7) is 3.12. The fourth-order valence-electron chi connectivity index (χ4n) is 1.92. The minimum atomic E-state index is -0.334. The maximum Gasteiger partial charge on any atom is 0.331 e. The van der Waals surface area contributed by atoms with Gasteiger partial charge in [-0.05, 0) is 35.8 Å².